The van der Waals surface area contributed by atoms with Crippen LogP contribution in [0.5, 0.6) is 0 Å². The topological polar surface area (TPSA) is 95.8 Å². The van der Waals surface area contributed by atoms with E-state index in [-0.39, 0.29) is 17.6 Å². The van der Waals surface area contributed by atoms with Gasteiger partial charge in [-0.2, -0.15) is 5.10 Å². The second kappa shape index (κ2) is 5.71. The number of hydrogen-bond acceptors (Lipinski definition) is 4. The van der Waals surface area contributed by atoms with Crippen LogP contribution in [0.3, 0.4) is 0 Å². The highest BCUT2D eigenvalue weighted by Gasteiger charge is 2.16. The van der Waals surface area contributed by atoms with Crippen molar-refractivity contribution in [3.8, 4) is 5.69 Å². The zero-order valence-electron chi connectivity index (χ0n) is 12.9. The van der Waals surface area contributed by atoms with E-state index in [9.17, 15) is 9.59 Å². The fourth-order valence-electron chi connectivity index (χ4n) is 2.89. The van der Waals surface area contributed by atoms with Gasteiger partial charge >= 0.3 is 0 Å². The molecule has 4 rings (SSSR count). The van der Waals surface area contributed by atoms with Crippen LogP contribution in [-0.2, 0) is 11.3 Å². The van der Waals surface area contributed by atoms with E-state index < -0.39 is 5.91 Å². The number of carbonyl (C=O) groups excluding carboxylic acids is 1. The van der Waals surface area contributed by atoms with E-state index in [1.165, 1.54) is 9.25 Å². The molecule has 3 aromatic heterocycles. The van der Waals surface area contributed by atoms with E-state index in [1.807, 2.05) is 6.07 Å². The van der Waals surface area contributed by atoms with Crippen molar-refractivity contribution in [1.82, 2.24) is 19.3 Å². The van der Waals surface area contributed by atoms with Crippen molar-refractivity contribution in [2.75, 3.05) is 0 Å². The highest BCUT2D eigenvalue weighted by molar-refractivity contribution is 6.31. The molecule has 0 aliphatic rings. The standard InChI is InChI=1S/C17H12ClN5O2/c18-10-3-4-12-13-8-22(9-15(19)24)21-16(13)17(25)23(14(12)6-10)11-2-1-5-20-7-11/h1-8H,9H2,(H2,19,24). The molecule has 8 heteroatoms. The number of nitrogens with two attached hydrogens (primary N) is 1. The molecule has 0 aliphatic carbocycles. The molecule has 0 radical (unpaired) electrons. The van der Waals surface area contributed by atoms with Gasteiger partial charge in [0.15, 0.2) is 5.52 Å². The maximum atomic E-state index is 13.1. The van der Waals surface area contributed by atoms with E-state index in [0.29, 0.717) is 21.6 Å². The average Bonchev–Trinajstić information content (AvgIpc) is 2.99. The van der Waals surface area contributed by atoms with Gasteiger partial charge in [-0.3, -0.25) is 23.8 Å². The molecule has 0 saturated heterocycles. The summed E-state index contributed by atoms with van der Waals surface area (Å²) in [6.07, 6.45) is 4.86. The third-order valence-corrected chi connectivity index (χ3v) is 4.12. The molecule has 2 N–H and O–H groups in total. The van der Waals surface area contributed by atoms with Gasteiger partial charge in [-0.15, -0.1) is 0 Å². The smallest absolute Gasteiger partial charge is 0.284 e. The first-order valence-electron chi connectivity index (χ1n) is 7.45. The van der Waals surface area contributed by atoms with Crippen molar-refractivity contribution >= 4 is 39.3 Å². The summed E-state index contributed by atoms with van der Waals surface area (Å²) in [5.41, 5.74) is 6.40. The van der Waals surface area contributed by atoms with Crippen molar-refractivity contribution in [1.29, 1.82) is 0 Å². The minimum atomic E-state index is -0.534. The number of aromatic nitrogens is 4. The maximum absolute atomic E-state index is 13.1. The SMILES string of the molecule is NC(=O)Cn1cc2c(n1)c(=O)n(-c1cccnc1)c1cc(Cl)ccc21. The zero-order valence-corrected chi connectivity index (χ0v) is 13.6. The average molecular weight is 354 g/mol. The third-order valence-electron chi connectivity index (χ3n) is 3.88. The monoisotopic (exact) mass is 353 g/mol. The molecule has 4 aromatic rings. The van der Waals surface area contributed by atoms with Gasteiger partial charge < -0.3 is 5.73 Å². The van der Waals surface area contributed by atoms with E-state index >= 15 is 0 Å². The summed E-state index contributed by atoms with van der Waals surface area (Å²) in [7, 11) is 0. The molecule has 0 aliphatic heterocycles. The zero-order chi connectivity index (χ0) is 17.6. The second-order valence-electron chi connectivity index (χ2n) is 5.57. The van der Waals surface area contributed by atoms with E-state index in [2.05, 4.69) is 10.1 Å². The second-order valence-corrected chi connectivity index (χ2v) is 6.00. The van der Waals surface area contributed by atoms with Crippen LogP contribution in [0.25, 0.3) is 27.5 Å². The normalized spacial score (nSPS) is 11.2. The lowest BCUT2D eigenvalue weighted by Crippen LogP contribution is -2.21. The molecule has 7 nitrogen and oxygen atoms in total. The Hall–Kier alpha value is -3.19. The van der Waals surface area contributed by atoms with Crippen molar-refractivity contribution < 1.29 is 4.79 Å². The van der Waals surface area contributed by atoms with Crippen molar-refractivity contribution in [3.63, 3.8) is 0 Å². The van der Waals surface area contributed by atoms with Gasteiger partial charge in [-0.25, -0.2) is 0 Å². The largest absolute Gasteiger partial charge is 0.368 e. The molecule has 0 atom stereocenters. The van der Waals surface area contributed by atoms with Crippen molar-refractivity contribution in [2.24, 2.45) is 5.73 Å². The summed E-state index contributed by atoms with van der Waals surface area (Å²) in [6.45, 7) is -0.101. The molecule has 25 heavy (non-hydrogen) atoms. The van der Waals surface area contributed by atoms with Crippen LogP contribution in [0, 0.1) is 0 Å². The van der Waals surface area contributed by atoms with Crippen LogP contribution in [0.15, 0.2) is 53.7 Å². The molecule has 3 heterocycles. The van der Waals surface area contributed by atoms with E-state index in [1.54, 1.807) is 42.9 Å². The first-order valence-corrected chi connectivity index (χ1v) is 7.82. The van der Waals surface area contributed by atoms with Gasteiger partial charge in [-0.1, -0.05) is 17.7 Å². The fraction of sp³-hybridized carbons (Fsp3) is 0.0588. The summed E-state index contributed by atoms with van der Waals surface area (Å²) in [5.74, 6) is -0.534. The number of rotatable bonds is 3. The Morgan fingerprint density at radius 2 is 2.08 bits per heavy atom. The lowest BCUT2D eigenvalue weighted by molar-refractivity contribution is -0.118. The molecule has 0 spiro atoms. The predicted octanol–water partition coefficient (Wildman–Crippen LogP) is 1.87. The van der Waals surface area contributed by atoms with Gasteiger partial charge in [-0.05, 0) is 24.3 Å². The molecule has 0 unspecified atom stereocenters. The Morgan fingerprint density at radius 3 is 2.80 bits per heavy atom. The van der Waals surface area contributed by atoms with Crippen LogP contribution in [0.4, 0.5) is 0 Å². The van der Waals surface area contributed by atoms with E-state index in [0.717, 1.165) is 5.39 Å². The third kappa shape index (κ3) is 2.54. The quantitative estimate of drug-likeness (QED) is 0.608. The number of pyridine rings is 2. The molecule has 1 aromatic carbocycles. The molecular weight excluding hydrogens is 342 g/mol. The molecule has 0 bridgehead atoms. The Morgan fingerprint density at radius 1 is 1.24 bits per heavy atom. The molecule has 1 amide bonds. The number of carbonyl (C=O) groups is 1. The number of primary amides is 1. The van der Waals surface area contributed by atoms with Crippen LogP contribution in [-0.4, -0.2) is 25.2 Å². The summed E-state index contributed by atoms with van der Waals surface area (Å²) in [5, 5.41) is 6.18. The molecule has 0 fully saturated rings. The van der Waals surface area contributed by atoms with Crippen LogP contribution in [0.1, 0.15) is 0 Å². The van der Waals surface area contributed by atoms with Crippen LogP contribution < -0.4 is 11.3 Å². The summed E-state index contributed by atoms with van der Waals surface area (Å²) >= 11 is 6.14. The van der Waals surface area contributed by atoms with Crippen molar-refractivity contribution in [3.05, 3.63) is 64.3 Å². The highest BCUT2D eigenvalue weighted by Crippen LogP contribution is 2.26. The summed E-state index contributed by atoms with van der Waals surface area (Å²) in [6, 6.07) is 8.81. The Balaban J connectivity index is 2.15. The number of benzene rings is 1. The summed E-state index contributed by atoms with van der Waals surface area (Å²) < 4.78 is 2.88. The van der Waals surface area contributed by atoms with Gasteiger partial charge in [0, 0.05) is 28.2 Å². The number of halogens is 1. The first-order chi connectivity index (χ1) is 12.0. The van der Waals surface area contributed by atoms with Gasteiger partial charge in [0.2, 0.25) is 5.91 Å². The van der Waals surface area contributed by atoms with Crippen LogP contribution in [0.2, 0.25) is 5.02 Å². The number of nitrogens with zero attached hydrogens (tertiary/aromatic N) is 4. The lowest BCUT2D eigenvalue weighted by atomic mass is 10.1. The predicted molar refractivity (Wildman–Crippen MR) is 94.8 cm³/mol. The Kier molecular flexibility index (Phi) is 3.51. The maximum Gasteiger partial charge on any atom is 0.284 e. The number of hydrogen-bond donors (Lipinski definition) is 1. The van der Waals surface area contributed by atoms with Gasteiger partial charge in [0.1, 0.15) is 6.54 Å². The van der Waals surface area contributed by atoms with E-state index in [4.69, 9.17) is 17.3 Å². The van der Waals surface area contributed by atoms with Crippen molar-refractivity contribution in [2.45, 2.75) is 6.54 Å². The fourth-order valence-corrected chi connectivity index (χ4v) is 3.06. The van der Waals surface area contributed by atoms with Gasteiger partial charge in [0.25, 0.3) is 5.56 Å². The Bertz CT molecular complexity index is 1180. The molecular formula is C17H12ClN5O2. The number of amides is 1. The lowest BCUT2D eigenvalue weighted by Gasteiger charge is -2.10. The first kappa shape index (κ1) is 15.3. The van der Waals surface area contributed by atoms with Gasteiger partial charge in [0.05, 0.1) is 17.4 Å². The molecule has 124 valence electrons. The minimum absolute atomic E-state index is 0.101. The number of fused-ring (bicyclic) bond motifs is 3. The summed E-state index contributed by atoms with van der Waals surface area (Å²) in [4.78, 5) is 28.3. The molecule has 0 saturated carbocycles. The Labute approximate surface area is 146 Å². The van der Waals surface area contributed by atoms with Crippen LogP contribution >= 0.6 is 11.6 Å². The minimum Gasteiger partial charge on any atom is -0.368 e. The highest BCUT2D eigenvalue weighted by atomic mass is 35.5.